The van der Waals surface area contributed by atoms with Gasteiger partial charge in [-0.3, -0.25) is 9.59 Å². The summed E-state index contributed by atoms with van der Waals surface area (Å²) in [7, 11) is 0. The van der Waals surface area contributed by atoms with E-state index >= 15 is 0 Å². The Morgan fingerprint density at radius 1 is 1.28 bits per heavy atom. The highest BCUT2D eigenvalue weighted by Gasteiger charge is 2.26. The van der Waals surface area contributed by atoms with Crippen LogP contribution in [0.4, 0.5) is 0 Å². The zero-order chi connectivity index (χ0) is 17.8. The SMILES string of the molecule is CC[C@H](C)NC(=O)CC1CCN(C(=O)c2cc3ccccc3[nH]2)CC1. The molecule has 0 aliphatic carbocycles. The van der Waals surface area contributed by atoms with E-state index in [0.29, 0.717) is 18.0 Å². The van der Waals surface area contributed by atoms with E-state index in [0.717, 1.165) is 43.3 Å². The average molecular weight is 341 g/mol. The number of nitrogens with one attached hydrogen (secondary N) is 2. The van der Waals surface area contributed by atoms with Gasteiger partial charge >= 0.3 is 0 Å². The highest BCUT2D eigenvalue weighted by Crippen LogP contribution is 2.23. The molecule has 1 aromatic heterocycles. The van der Waals surface area contributed by atoms with Gasteiger partial charge < -0.3 is 15.2 Å². The number of rotatable bonds is 5. The predicted molar refractivity (Wildman–Crippen MR) is 99.4 cm³/mol. The number of likely N-dealkylation sites (tertiary alicyclic amines) is 1. The van der Waals surface area contributed by atoms with Crippen molar-refractivity contribution in [3.8, 4) is 0 Å². The van der Waals surface area contributed by atoms with Gasteiger partial charge in [-0.25, -0.2) is 0 Å². The molecule has 1 aliphatic rings. The second kappa shape index (κ2) is 7.72. The average Bonchev–Trinajstić information content (AvgIpc) is 3.05. The van der Waals surface area contributed by atoms with Crippen molar-refractivity contribution in [2.24, 2.45) is 5.92 Å². The van der Waals surface area contributed by atoms with Gasteiger partial charge in [-0.1, -0.05) is 25.1 Å². The van der Waals surface area contributed by atoms with E-state index in [4.69, 9.17) is 0 Å². The second-order valence-electron chi connectivity index (χ2n) is 7.09. The molecule has 1 saturated heterocycles. The molecular formula is C20H27N3O2. The Balaban J connectivity index is 1.53. The number of carbonyl (C=O) groups is 2. The number of aromatic nitrogens is 1. The van der Waals surface area contributed by atoms with Crippen molar-refractivity contribution >= 4 is 22.7 Å². The fourth-order valence-electron chi connectivity index (χ4n) is 3.40. The van der Waals surface area contributed by atoms with Crippen LogP contribution >= 0.6 is 0 Å². The van der Waals surface area contributed by atoms with Gasteiger partial charge in [0.2, 0.25) is 5.91 Å². The standard InChI is InChI=1S/C20H27N3O2/c1-3-14(2)21-19(24)12-15-8-10-23(11-9-15)20(25)18-13-16-6-4-5-7-17(16)22-18/h4-7,13-15,22H,3,8-12H2,1-2H3,(H,21,24)/t14-/m0/s1. The molecule has 1 atom stereocenters. The summed E-state index contributed by atoms with van der Waals surface area (Å²) in [5, 5.41) is 4.08. The molecule has 0 spiro atoms. The van der Waals surface area contributed by atoms with E-state index in [-0.39, 0.29) is 17.9 Å². The fraction of sp³-hybridized carbons (Fsp3) is 0.500. The molecule has 2 aromatic rings. The summed E-state index contributed by atoms with van der Waals surface area (Å²) >= 11 is 0. The van der Waals surface area contributed by atoms with E-state index in [2.05, 4.69) is 17.2 Å². The molecule has 0 saturated carbocycles. The first kappa shape index (κ1) is 17.5. The first-order chi connectivity index (χ1) is 12.1. The van der Waals surface area contributed by atoms with E-state index in [1.54, 1.807) is 0 Å². The molecule has 25 heavy (non-hydrogen) atoms. The Labute approximate surface area is 148 Å². The van der Waals surface area contributed by atoms with E-state index < -0.39 is 0 Å². The highest BCUT2D eigenvalue weighted by atomic mass is 16.2. The van der Waals surface area contributed by atoms with Crippen LogP contribution in [0.2, 0.25) is 0 Å². The van der Waals surface area contributed by atoms with Gasteiger partial charge in [-0.2, -0.15) is 0 Å². The van der Waals surface area contributed by atoms with Crippen LogP contribution in [-0.2, 0) is 4.79 Å². The molecular weight excluding hydrogens is 314 g/mol. The molecule has 5 heteroatoms. The van der Waals surface area contributed by atoms with E-state index in [9.17, 15) is 9.59 Å². The zero-order valence-electron chi connectivity index (χ0n) is 15.0. The Kier molecular flexibility index (Phi) is 5.41. The number of hydrogen-bond donors (Lipinski definition) is 2. The predicted octanol–water partition coefficient (Wildman–Crippen LogP) is 3.32. The molecule has 2 N–H and O–H groups in total. The van der Waals surface area contributed by atoms with Crippen LogP contribution in [0, 0.1) is 5.92 Å². The quantitative estimate of drug-likeness (QED) is 0.876. The van der Waals surface area contributed by atoms with Gasteiger partial charge in [0.05, 0.1) is 0 Å². The molecule has 134 valence electrons. The number of benzene rings is 1. The maximum atomic E-state index is 12.7. The number of hydrogen-bond acceptors (Lipinski definition) is 2. The number of aromatic amines is 1. The number of amides is 2. The number of fused-ring (bicyclic) bond motifs is 1. The Hall–Kier alpha value is -2.30. The van der Waals surface area contributed by atoms with Crippen LogP contribution in [0.15, 0.2) is 30.3 Å². The van der Waals surface area contributed by atoms with Crippen LogP contribution in [0.5, 0.6) is 0 Å². The first-order valence-corrected chi connectivity index (χ1v) is 9.23. The number of H-pyrrole nitrogens is 1. The monoisotopic (exact) mass is 341 g/mol. The zero-order valence-corrected chi connectivity index (χ0v) is 15.0. The van der Waals surface area contributed by atoms with Crippen molar-refractivity contribution in [3.63, 3.8) is 0 Å². The lowest BCUT2D eigenvalue weighted by molar-refractivity contribution is -0.122. The van der Waals surface area contributed by atoms with E-state index in [1.807, 2.05) is 42.2 Å². The van der Waals surface area contributed by atoms with Gasteiger partial charge in [0.1, 0.15) is 5.69 Å². The van der Waals surface area contributed by atoms with Crippen molar-refractivity contribution in [1.29, 1.82) is 0 Å². The lowest BCUT2D eigenvalue weighted by Gasteiger charge is -2.31. The van der Waals surface area contributed by atoms with Crippen LogP contribution in [-0.4, -0.2) is 40.8 Å². The minimum absolute atomic E-state index is 0.0544. The van der Waals surface area contributed by atoms with Gasteiger partial charge in [0, 0.05) is 36.5 Å². The van der Waals surface area contributed by atoms with Crippen LogP contribution in [0.25, 0.3) is 10.9 Å². The minimum Gasteiger partial charge on any atom is -0.354 e. The third-order valence-electron chi connectivity index (χ3n) is 5.16. The number of para-hydroxylation sites is 1. The molecule has 0 bridgehead atoms. The van der Waals surface area contributed by atoms with Crippen molar-refractivity contribution in [1.82, 2.24) is 15.2 Å². The largest absolute Gasteiger partial charge is 0.354 e. The Morgan fingerprint density at radius 2 is 2.00 bits per heavy atom. The van der Waals surface area contributed by atoms with Crippen molar-refractivity contribution in [2.75, 3.05) is 13.1 Å². The highest BCUT2D eigenvalue weighted by molar-refractivity contribution is 5.98. The summed E-state index contributed by atoms with van der Waals surface area (Å²) in [6, 6.07) is 10.1. The third kappa shape index (κ3) is 4.21. The van der Waals surface area contributed by atoms with Crippen LogP contribution in [0.1, 0.15) is 50.0 Å². The second-order valence-corrected chi connectivity index (χ2v) is 7.09. The Morgan fingerprint density at radius 3 is 2.68 bits per heavy atom. The molecule has 1 fully saturated rings. The van der Waals surface area contributed by atoms with Crippen molar-refractivity contribution in [3.05, 3.63) is 36.0 Å². The summed E-state index contributed by atoms with van der Waals surface area (Å²) in [4.78, 5) is 29.8. The normalized spacial score (nSPS) is 16.8. The van der Waals surface area contributed by atoms with Crippen molar-refractivity contribution in [2.45, 2.75) is 45.6 Å². The van der Waals surface area contributed by atoms with Gasteiger partial charge in [0.15, 0.2) is 0 Å². The molecule has 2 heterocycles. The smallest absolute Gasteiger partial charge is 0.270 e. The summed E-state index contributed by atoms with van der Waals surface area (Å²) in [5.74, 6) is 0.560. The molecule has 5 nitrogen and oxygen atoms in total. The van der Waals surface area contributed by atoms with Gasteiger partial charge in [0.25, 0.3) is 5.91 Å². The fourth-order valence-corrected chi connectivity index (χ4v) is 3.40. The van der Waals surface area contributed by atoms with Gasteiger partial charge in [-0.15, -0.1) is 0 Å². The molecule has 0 unspecified atom stereocenters. The molecule has 2 amide bonds. The molecule has 1 aliphatic heterocycles. The van der Waals surface area contributed by atoms with Gasteiger partial charge in [-0.05, 0) is 44.2 Å². The number of carbonyl (C=O) groups excluding carboxylic acids is 2. The summed E-state index contributed by atoms with van der Waals surface area (Å²) in [5.41, 5.74) is 1.64. The maximum Gasteiger partial charge on any atom is 0.270 e. The lowest BCUT2D eigenvalue weighted by atomic mass is 9.93. The molecule has 3 rings (SSSR count). The first-order valence-electron chi connectivity index (χ1n) is 9.23. The van der Waals surface area contributed by atoms with Crippen LogP contribution in [0.3, 0.4) is 0 Å². The summed E-state index contributed by atoms with van der Waals surface area (Å²) in [6.07, 6.45) is 3.29. The topological polar surface area (TPSA) is 65.2 Å². The summed E-state index contributed by atoms with van der Waals surface area (Å²) in [6.45, 7) is 5.53. The molecule has 0 radical (unpaired) electrons. The number of nitrogens with zero attached hydrogens (tertiary/aromatic N) is 1. The van der Waals surface area contributed by atoms with Crippen LogP contribution < -0.4 is 5.32 Å². The number of piperidine rings is 1. The minimum atomic E-state index is 0.0544. The summed E-state index contributed by atoms with van der Waals surface area (Å²) < 4.78 is 0. The maximum absolute atomic E-state index is 12.7. The lowest BCUT2D eigenvalue weighted by Crippen LogP contribution is -2.40. The van der Waals surface area contributed by atoms with E-state index in [1.165, 1.54) is 0 Å². The Bertz CT molecular complexity index is 711. The molecule has 1 aromatic carbocycles. The third-order valence-corrected chi connectivity index (χ3v) is 5.16. The van der Waals surface area contributed by atoms with Crippen molar-refractivity contribution < 1.29 is 9.59 Å².